The fourth-order valence-corrected chi connectivity index (χ4v) is 3.33. The zero-order chi connectivity index (χ0) is 19.5. The Kier molecular flexibility index (Phi) is 5.15. The Hall–Kier alpha value is -3.08. The van der Waals surface area contributed by atoms with Crippen molar-refractivity contribution in [2.24, 2.45) is 5.92 Å². The summed E-state index contributed by atoms with van der Waals surface area (Å²) in [7, 11) is 0. The van der Waals surface area contributed by atoms with E-state index in [1.807, 2.05) is 55.5 Å². The average Bonchev–Trinajstić information content (AvgIpc) is 3.09. The highest BCUT2D eigenvalue weighted by atomic mass is 16.5. The first-order valence-corrected chi connectivity index (χ1v) is 9.51. The lowest BCUT2D eigenvalue weighted by molar-refractivity contribution is -0.121. The van der Waals surface area contributed by atoms with E-state index in [2.05, 4.69) is 4.98 Å². The van der Waals surface area contributed by atoms with Crippen LogP contribution >= 0.6 is 0 Å². The molecule has 144 valence electrons. The number of Topliss-reactive ketones (excluding diaryl/α,β-unsaturated/α-hetero) is 1. The maximum absolute atomic E-state index is 11.6. The number of hydrogen-bond donors (Lipinski definition) is 0. The maximum Gasteiger partial charge on any atom is 0.226 e. The minimum Gasteiger partial charge on any atom is -0.493 e. The number of carbonyl (C=O) groups is 1. The van der Waals surface area contributed by atoms with Gasteiger partial charge in [0.25, 0.3) is 0 Å². The highest BCUT2D eigenvalue weighted by Crippen LogP contribution is 2.31. The second-order valence-electron chi connectivity index (χ2n) is 7.08. The molecule has 3 aromatic rings. The van der Waals surface area contributed by atoms with Crippen LogP contribution in [-0.2, 0) is 17.6 Å². The number of rotatable bonds is 6. The number of ether oxygens (including phenoxy) is 2. The van der Waals surface area contributed by atoms with Gasteiger partial charge in [0.05, 0.1) is 24.8 Å². The molecule has 0 fully saturated rings. The molecule has 4 rings (SSSR count). The predicted molar refractivity (Wildman–Crippen MR) is 106 cm³/mol. The number of carbonyl (C=O) groups excluding carboxylic acids is 1. The Morgan fingerprint density at radius 2 is 2.04 bits per heavy atom. The number of benzene rings is 2. The van der Waals surface area contributed by atoms with Gasteiger partial charge in [0.15, 0.2) is 0 Å². The summed E-state index contributed by atoms with van der Waals surface area (Å²) < 4.78 is 17.4. The highest BCUT2D eigenvalue weighted by molar-refractivity contribution is 5.79. The van der Waals surface area contributed by atoms with E-state index in [9.17, 15) is 4.79 Å². The van der Waals surface area contributed by atoms with Crippen molar-refractivity contribution < 1.29 is 18.7 Å². The Labute approximate surface area is 164 Å². The summed E-state index contributed by atoms with van der Waals surface area (Å²) in [5.41, 5.74) is 2.92. The molecular formula is C23H23NO4. The Bertz CT molecular complexity index is 978. The van der Waals surface area contributed by atoms with Crippen LogP contribution in [0, 0.1) is 12.8 Å². The van der Waals surface area contributed by atoms with Gasteiger partial charge in [-0.3, -0.25) is 4.79 Å². The third-order valence-electron chi connectivity index (χ3n) is 5.04. The molecule has 0 saturated carbocycles. The van der Waals surface area contributed by atoms with E-state index in [4.69, 9.17) is 13.9 Å². The van der Waals surface area contributed by atoms with Crippen LogP contribution in [0.25, 0.3) is 11.5 Å². The number of ketones is 1. The molecule has 28 heavy (non-hydrogen) atoms. The quantitative estimate of drug-likeness (QED) is 0.637. The lowest BCUT2D eigenvalue weighted by Gasteiger charge is -2.24. The first-order valence-electron chi connectivity index (χ1n) is 9.51. The van der Waals surface area contributed by atoms with E-state index in [0.29, 0.717) is 25.5 Å². The van der Waals surface area contributed by atoms with Crippen LogP contribution in [0.3, 0.4) is 0 Å². The molecule has 5 heteroatoms. The van der Waals surface area contributed by atoms with E-state index >= 15 is 0 Å². The van der Waals surface area contributed by atoms with E-state index in [1.165, 1.54) is 0 Å². The molecule has 5 nitrogen and oxygen atoms in total. The summed E-state index contributed by atoms with van der Waals surface area (Å²) in [4.78, 5) is 16.2. The third kappa shape index (κ3) is 3.93. The van der Waals surface area contributed by atoms with Gasteiger partial charge in [-0.2, -0.15) is 0 Å². The van der Waals surface area contributed by atoms with Crippen molar-refractivity contribution >= 4 is 5.78 Å². The number of aryl methyl sites for hydroxylation is 1. The topological polar surface area (TPSA) is 61.6 Å². The summed E-state index contributed by atoms with van der Waals surface area (Å²) >= 11 is 0. The lowest BCUT2D eigenvalue weighted by atomic mass is 9.94. The van der Waals surface area contributed by atoms with Crippen LogP contribution in [0.15, 0.2) is 52.9 Å². The summed E-state index contributed by atoms with van der Waals surface area (Å²) in [6.45, 7) is 4.47. The van der Waals surface area contributed by atoms with Gasteiger partial charge in [-0.15, -0.1) is 0 Å². The van der Waals surface area contributed by atoms with Gasteiger partial charge in [0, 0.05) is 18.1 Å². The lowest BCUT2D eigenvalue weighted by Crippen LogP contribution is -2.26. The van der Waals surface area contributed by atoms with Crippen molar-refractivity contribution in [2.45, 2.75) is 26.7 Å². The molecule has 2 heterocycles. The Morgan fingerprint density at radius 3 is 2.82 bits per heavy atom. The zero-order valence-corrected chi connectivity index (χ0v) is 16.1. The summed E-state index contributed by atoms with van der Waals surface area (Å²) in [5.74, 6) is 3.13. The van der Waals surface area contributed by atoms with Gasteiger partial charge in [-0.05, 0) is 44.0 Å². The highest BCUT2D eigenvalue weighted by Gasteiger charge is 2.23. The molecule has 0 N–H and O–H groups in total. The minimum atomic E-state index is -0.0479. The number of nitrogens with zero attached hydrogens (tertiary/aromatic N) is 1. The van der Waals surface area contributed by atoms with Crippen molar-refractivity contribution in [1.29, 1.82) is 0 Å². The number of oxazole rings is 1. The van der Waals surface area contributed by atoms with Crippen molar-refractivity contribution in [3.8, 4) is 23.0 Å². The van der Waals surface area contributed by atoms with Crippen molar-refractivity contribution in [2.75, 3.05) is 13.2 Å². The molecule has 1 atom stereocenters. The van der Waals surface area contributed by atoms with E-state index in [1.54, 1.807) is 6.92 Å². The monoisotopic (exact) mass is 377 g/mol. The molecule has 2 aromatic carbocycles. The number of fused-ring (bicyclic) bond motifs is 1. The molecule has 1 aliphatic rings. The molecule has 0 unspecified atom stereocenters. The Balaban J connectivity index is 1.37. The normalized spacial score (nSPS) is 15.6. The molecule has 0 amide bonds. The Morgan fingerprint density at radius 1 is 1.21 bits per heavy atom. The number of aromatic nitrogens is 1. The molecule has 0 spiro atoms. The zero-order valence-electron chi connectivity index (χ0n) is 16.1. The SMILES string of the molecule is CC(=O)[C@H]1COc2cc(OCCc3nc(-c4ccccc4)oc3C)ccc2C1. The summed E-state index contributed by atoms with van der Waals surface area (Å²) in [6.07, 6.45) is 1.39. The van der Waals surface area contributed by atoms with E-state index in [-0.39, 0.29) is 11.7 Å². The van der Waals surface area contributed by atoms with Crippen LogP contribution in [0.5, 0.6) is 11.5 Å². The summed E-state index contributed by atoms with van der Waals surface area (Å²) in [5, 5.41) is 0. The van der Waals surface area contributed by atoms with Crippen molar-refractivity contribution in [3.05, 3.63) is 65.5 Å². The van der Waals surface area contributed by atoms with Crippen molar-refractivity contribution in [3.63, 3.8) is 0 Å². The molecule has 0 saturated heterocycles. The molecular weight excluding hydrogens is 354 g/mol. The fraction of sp³-hybridized carbons (Fsp3) is 0.304. The summed E-state index contributed by atoms with van der Waals surface area (Å²) in [6, 6.07) is 15.7. The molecule has 0 aliphatic carbocycles. The van der Waals surface area contributed by atoms with Gasteiger partial charge in [0.2, 0.25) is 5.89 Å². The first-order chi connectivity index (χ1) is 13.6. The maximum atomic E-state index is 11.6. The standard InChI is InChI=1S/C23H23NO4/c1-15(25)19-12-18-8-9-20(13-22(18)27-14-19)26-11-10-21-16(2)28-23(24-21)17-6-4-3-5-7-17/h3-9,13,19H,10-12,14H2,1-2H3/t19-/m1/s1. The van der Waals surface area contributed by atoms with Gasteiger partial charge in [0.1, 0.15) is 23.0 Å². The van der Waals surface area contributed by atoms with Crippen LogP contribution < -0.4 is 9.47 Å². The van der Waals surface area contributed by atoms with Crippen LogP contribution in [0.2, 0.25) is 0 Å². The second kappa shape index (κ2) is 7.89. The van der Waals surface area contributed by atoms with Gasteiger partial charge in [-0.25, -0.2) is 4.98 Å². The molecule has 0 bridgehead atoms. The van der Waals surface area contributed by atoms with Gasteiger partial charge in [-0.1, -0.05) is 24.3 Å². The van der Waals surface area contributed by atoms with Crippen molar-refractivity contribution in [1.82, 2.24) is 4.98 Å². The minimum absolute atomic E-state index is 0.0479. The van der Waals surface area contributed by atoms with Gasteiger partial charge < -0.3 is 13.9 Å². The largest absolute Gasteiger partial charge is 0.493 e. The fourth-order valence-electron chi connectivity index (χ4n) is 3.33. The van der Waals surface area contributed by atoms with Crippen LogP contribution in [0.1, 0.15) is 23.9 Å². The van der Waals surface area contributed by atoms with Gasteiger partial charge >= 0.3 is 0 Å². The second-order valence-corrected chi connectivity index (χ2v) is 7.08. The average molecular weight is 377 g/mol. The third-order valence-corrected chi connectivity index (χ3v) is 5.04. The van der Waals surface area contributed by atoms with E-state index in [0.717, 1.165) is 40.5 Å². The van der Waals surface area contributed by atoms with Crippen LogP contribution in [0.4, 0.5) is 0 Å². The number of hydrogen-bond acceptors (Lipinski definition) is 5. The smallest absolute Gasteiger partial charge is 0.226 e. The molecule has 1 aromatic heterocycles. The van der Waals surface area contributed by atoms with Crippen LogP contribution in [-0.4, -0.2) is 24.0 Å². The molecule has 0 radical (unpaired) electrons. The van der Waals surface area contributed by atoms with E-state index < -0.39 is 0 Å². The first kappa shape index (κ1) is 18.3. The molecule has 1 aliphatic heterocycles. The predicted octanol–water partition coefficient (Wildman–Crippen LogP) is 4.41.